The van der Waals surface area contributed by atoms with Crippen molar-refractivity contribution in [3.8, 4) is 11.4 Å². The number of imidazole rings is 1. The highest BCUT2D eigenvalue weighted by Gasteiger charge is 2.08. The Kier molecular flexibility index (Phi) is 3.28. The van der Waals surface area contributed by atoms with Crippen LogP contribution in [0, 0.1) is 6.92 Å². The van der Waals surface area contributed by atoms with Crippen LogP contribution in [0.4, 0.5) is 0 Å². The Morgan fingerprint density at radius 3 is 2.75 bits per heavy atom. The summed E-state index contributed by atoms with van der Waals surface area (Å²) in [4.78, 5) is 8.09. The fraction of sp³-hybridized carbons (Fsp3) is 0.235. The number of aromatic nitrogens is 2. The van der Waals surface area contributed by atoms with E-state index < -0.39 is 0 Å². The molecule has 0 spiro atoms. The van der Waals surface area contributed by atoms with Crippen LogP contribution >= 0.6 is 0 Å². The third-order valence-corrected chi connectivity index (χ3v) is 3.50. The lowest BCUT2D eigenvalue weighted by Crippen LogP contribution is -2.17. The van der Waals surface area contributed by atoms with Crippen molar-refractivity contribution in [2.75, 3.05) is 0 Å². The van der Waals surface area contributed by atoms with Crippen LogP contribution in [0.2, 0.25) is 0 Å². The van der Waals surface area contributed by atoms with E-state index in [1.165, 1.54) is 11.1 Å². The number of aryl methyl sites for hydroxylation is 1. The summed E-state index contributed by atoms with van der Waals surface area (Å²) in [5, 5.41) is 0. The van der Waals surface area contributed by atoms with E-state index in [-0.39, 0.29) is 6.04 Å². The molecule has 20 heavy (non-hydrogen) atoms. The van der Waals surface area contributed by atoms with Crippen molar-refractivity contribution in [3.05, 3.63) is 53.6 Å². The number of H-pyrrole nitrogens is 1. The van der Waals surface area contributed by atoms with Gasteiger partial charge in [-0.2, -0.15) is 0 Å². The molecule has 0 aliphatic carbocycles. The fourth-order valence-corrected chi connectivity index (χ4v) is 2.52. The Morgan fingerprint density at radius 2 is 2.00 bits per heavy atom. The maximum atomic E-state index is 5.86. The molecule has 3 rings (SSSR count). The second-order valence-corrected chi connectivity index (χ2v) is 5.43. The Balaban J connectivity index is 2.05. The largest absolute Gasteiger partial charge is 0.338 e. The van der Waals surface area contributed by atoms with Gasteiger partial charge in [-0.25, -0.2) is 4.98 Å². The summed E-state index contributed by atoms with van der Waals surface area (Å²) in [5.74, 6) is 0.927. The Hall–Kier alpha value is -2.13. The SMILES string of the molecule is Cc1ccccc1-c1nc2ccc(CC(C)N)cc2[nH]1. The Bertz CT molecular complexity index is 741. The summed E-state index contributed by atoms with van der Waals surface area (Å²) >= 11 is 0. The third-order valence-electron chi connectivity index (χ3n) is 3.50. The van der Waals surface area contributed by atoms with Crippen LogP contribution in [0.15, 0.2) is 42.5 Å². The molecule has 3 heteroatoms. The molecule has 0 amide bonds. The molecule has 1 atom stereocenters. The van der Waals surface area contributed by atoms with Crippen molar-refractivity contribution in [1.29, 1.82) is 0 Å². The predicted molar refractivity (Wildman–Crippen MR) is 83.6 cm³/mol. The summed E-state index contributed by atoms with van der Waals surface area (Å²) in [6, 6.07) is 14.8. The number of rotatable bonds is 3. The van der Waals surface area contributed by atoms with E-state index in [9.17, 15) is 0 Å². The van der Waals surface area contributed by atoms with Crippen LogP contribution in [0.1, 0.15) is 18.1 Å². The quantitative estimate of drug-likeness (QED) is 0.762. The van der Waals surface area contributed by atoms with Gasteiger partial charge in [0.1, 0.15) is 5.82 Å². The van der Waals surface area contributed by atoms with Crippen LogP contribution < -0.4 is 5.73 Å². The monoisotopic (exact) mass is 265 g/mol. The number of hydrogen-bond donors (Lipinski definition) is 2. The molecule has 2 aromatic carbocycles. The number of nitrogens with zero attached hydrogens (tertiary/aromatic N) is 1. The van der Waals surface area contributed by atoms with Gasteiger partial charge in [0.25, 0.3) is 0 Å². The van der Waals surface area contributed by atoms with E-state index in [2.05, 4.69) is 47.2 Å². The summed E-state index contributed by atoms with van der Waals surface area (Å²) in [6.45, 7) is 4.12. The minimum Gasteiger partial charge on any atom is -0.338 e. The zero-order valence-electron chi connectivity index (χ0n) is 11.9. The highest BCUT2D eigenvalue weighted by molar-refractivity contribution is 5.80. The van der Waals surface area contributed by atoms with E-state index in [0.29, 0.717) is 0 Å². The first-order valence-electron chi connectivity index (χ1n) is 6.94. The van der Waals surface area contributed by atoms with Gasteiger partial charge in [0.2, 0.25) is 0 Å². The molecular weight excluding hydrogens is 246 g/mol. The lowest BCUT2D eigenvalue weighted by Gasteiger charge is -2.04. The molecule has 0 saturated carbocycles. The normalized spacial score (nSPS) is 12.8. The van der Waals surface area contributed by atoms with Gasteiger partial charge < -0.3 is 10.7 Å². The van der Waals surface area contributed by atoms with E-state index in [1.807, 2.05) is 19.1 Å². The van der Waals surface area contributed by atoms with E-state index in [1.54, 1.807) is 0 Å². The lowest BCUT2D eigenvalue weighted by molar-refractivity contribution is 0.739. The van der Waals surface area contributed by atoms with E-state index in [4.69, 9.17) is 5.73 Å². The van der Waals surface area contributed by atoms with E-state index >= 15 is 0 Å². The highest BCUT2D eigenvalue weighted by Crippen LogP contribution is 2.24. The molecule has 3 nitrogen and oxygen atoms in total. The second-order valence-electron chi connectivity index (χ2n) is 5.43. The molecule has 1 aromatic heterocycles. The van der Waals surface area contributed by atoms with Crippen molar-refractivity contribution in [1.82, 2.24) is 9.97 Å². The van der Waals surface area contributed by atoms with Gasteiger partial charge in [-0.1, -0.05) is 30.3 Å². The first kappa shape index (κ1) is 12.9. The van der Waals surface area contributed by atoms with Gasteiger partial charge in [-0.3, -0.25) is 0 Å². The smallest absolute Gasteiger partial charge is 0.138 e. The standard InChI is InChI=1S/C17H19N3/c1-11-5-3-4-6-14(11)17-19-15-8-7-13(9-12(2)18)10-16(15)20-17/h3-8,10,12H,9,18H2,1-2H3,(H,19,20). The van der Waals surface area contributed by atoms with Crippen molar-refractivity contribution >= 4 is 11.0 Å². The minimum absolute atomic E-state index is 0.172. The maximum absolute atomic E-state index is 5.86. The van der Waals surface area contributed by atoms with Crippen molar-refractivity contribution in [3.63, 3.8) is 0 Å². The first-order valence-corrected chi connectivity index (χ1v) is 6.94. The molecule has 3 aromatic rings. The first-order chi connectivity index (χ1) is 9.63. The molecule has 1 heterocycles. The van der Waals surface area contributed by atoms with Gasteiger partial charge in [0, 0.05) is 11.6 Å². The van der Waals surface area contributed by atoms with Crippen molar-refractivity contribution in [2.24, 2.45) is 5.73 Å². The second kappa shape index (κ2) is 5.10. The van der Waals surface area contributed by atoms with Gasteiger partial charge in [-0.15, -0.1) is 0 Å². The third kappa shape index (κ3) is 2.45. The topological polar surface area (TPSA) is 54.7 Å². The molecule has 3 N–H and O–H groups in total. The number of nitrogens with two attached hydrogens (primary N) is 1. The molecule has 0 saturated heterocycles. The van der Waals surface area contributed by atoms with Crippen molar-refractivity contribution < 1.29 is 0 Å². The van der Waals surface area contributed by atoms with E-state index in [0.717, 1.165) is 28.8 Å². The summed E-state index contributed by atoms with van der Waals surface area (Å²) < 4.78 is 0. The average molecular weight is 265 g/mol. The van der Waals surface area contributed by atoms with Crippen molar-refractivity contribution in [2.45, 2.75) is 26.3 Å². The van der Waals surface area contributed by atoms with Gasteiger partial charge in [-0.05, 0) is 43.5 Å². The van der Waals surface area contributed by atoms with Crippen LogP contribution in [0.3, 0.4) is 0 Å². The molecule has 102 valence electrons. The minimum atomic E-state index is 0.172. The summed E-state index contributed by atoms with van der Waals surface area (Å²) in [7, 11) is 0. The average Bonchev–Trinajstić information content (AvgIpc) is 2.81. The number of nitrogens with one attached hydrogen (secondary N) is 1. The summed E-state index contributed by atoms with van der Waals surface area (Å²) in [5.41, 5.74) is 11.5. The predicted octanol–water partition coefficient (Wildman–Crippen LogP) is 3.43. The maximum Gasteiger partial charge on any atom is 0.138 e. The van der Waals surface area contributed by atoms with Crippen LogP contribution in [-0.4, -0.2) is 16.0 Å². The number of benzene rings is 2. The van der Waals surface area contributed by atoms with Gasteiger partial charge in [0.15, 0.2) is 0 Å². The van der Waals surface area contributed by atoms with Crippen LogP contribution in [0.5, 0.6) is 0 Å². The van der Waals surface area contributed by atoms with Crippen LogP contribution in [0.25, 0.3) is 22.4 Å². The number of fused-ring (bicyclic) bond motifs is 1. The van der Waals surface area contributed by atoms with Gasteiger partial charge >= 0.3 is 0 Å². The molecule has 0 aliphatic heterocycles. The molecule has 1 unspecified atom stereocenters. The molecule has 0 bridgehead atoms. The fourth-order valence-electron chi connectivity index (χ4n) is 2.52. The molecule has 0 aliphatic rings. The highest BCUT2D eigenvalue weighted by atomic mass is 14.9. The Morgan fingerprint density at radius 1 is 1.20 bits per heavy atom. The Labute approximate surface area is 118 Å². The zero-order valence-corrected chi connectivity index (χ0v) is 11.9. The summed E-state index contributed by atoms with van der Waals surface area (Å²) in [6.07, 6.45) is 0.884. The molecule has 0 fully saturated rings. The lowest BCUT2D eigenvalue weighted by atomic mass is 10.1. The molecule has 0 radical (unpaired) electrons. The zero-order chi connectivity index (χ0) is 14.1. The van der Waals surface area contributed by atoms with Gasteiger partial charge in [0.05, 0.1) is 11.0 Å². The number of hydrogen-bond acceptors (Lipinski definition) is 2. The van der Waals surface area contributed by atoms with Crippen LogP contribution in [-0.2, 0) is 6.42 Å². The molecular formula is C17H19N3. The number of aromatic amines is 1.